The topological polar surface area (TPSA) is 84.9 Å². The van der Waals surface area contributed by atoms with Gasteiger partial charge in [0.2, 0.25) is 5.91 Å². The molecule has 0 saturated carbocycles. The molecule has 0 aliphatic carbocycles. The van der Waals surface area contributed by atoms with Gasteiger partial charge in [-0.1, -0.05) is 93.9 Å². The highest BCUT2D eigenvalue weighted by molar-refractivity contribution is 5.92. The summed E-state index contributed by atoms with van der Waals surface area (Å²) in [5.41, 5.74) is 0.105. The molecule has 0 radical (unpaired) electrons. The van der Waals surface area contributed by atoms with Crippen LogP contribution >= 0.6 is 0 Å². The van der Waals surface area contributed by atoms with Gasteiger partial charge in [-0.25, -0.2) is 4.79 Å². The maximum atomic E-state index is 12.3. The number of carbonyl (C=O) groups excluding carboxylic acids is 2. The van der Waals surface area contributed by atoms with E-state index in [1.807, 2.05) is 6.92 Å². The van der Waals surface area contributed by atoms with Gasteiger partial charge in [-0.15, -0.1) is 0 Å². The summed E-state index contributed by atoms with van der Waals surface area (Å²) >= 11 is 0. The zero-order valence-corrected chi connectivity index (χ0v) is 24.0. The number of unbranched alkanes of at least 4 members (excludes halogenated alkanes) is 5. The zero-order valence-electron chi connectivity index (χ0n) is 24.0. The minimum atomic E-state index is -0.621. The van der Waals surface area contributed by atoms with Gasteiger partial charge in [-0.05, 0) is 63.5 Å². The summed E-state index contributed by atoms with van der Waals surface area (Å²) in [7, 11) is 0. The van der Waals surface area contributed by atoms with Gasteiger partial charge in [0.05, 0.1) is 6.54 Å². The Morgan fingerprint density at radius 3 is 2.10 bits per heavy atom. The average Bonchev–Trinajstić information content (AvgIpc) is 2.94. The number of phenolic OH excluding ortho intramolecular Hbond substituents is 1. The van der Waals surface area contributed by atoms with Crippen LogP contribution in [0.1, 0.15) is 94.8 Å². The molecule has 0 bridgehead atoms. The van der Waals surface area contributed by atoms with Crippen LogP contribution in [0.5, 0.6) is 5.75 Å². The molecule has 0 aliphatic heterocycles. The van der Waals surface area contributed by atoms with Gasteiger partial charge in [0.1, 0.15) is 24.0 Å². The van der Waals surface area contributed by atoms with Crippen molar-refractivity contribution in [1.82, 2.24) is 5.32 Å². The fourth-order valence-electron chi connectivity index (χ4n) is 3.75. The van der Waals surface area contributed by atoms with Crippen molar-refractivity contribution in [3.05, 3.63) is 78.4 Å². The number of carbonyl (C=O) groups is 2. The fourth-order valence-corrected chi connectivity index (χ4v) is 3.75. The summed E-state index contributed by atoms with van der Waals surface area (Å²) in [4.78, 5) is 24.3. The van der Waals surface area contributed by atoms with Crippen LogP contribution in [0.25, 0.3) is 0 Å². The number of esters is 1. The monoisotopic (exact) mass is 539 g/mol. The second kappa shape index (κ2) is 24.0. The Morgan fingerprint density at radius 2 is 1.44 bits per heavy atom. The first-order chi connectivity index (χ1) is 19.1. The lowest BCUT2D eigenvalue weighted by Crippen LogP contribution is -2.38. The van der Waals surface area contributed by atoms with Crippen LogP contribution in [-0.2, 0) is 14.3 Å². The van der Waals surface area contributed by atoms with E-state index < -0.39 is 12.1 Å². The van der Waals surface area contributed by atoms with Crippen molar-refractivity contribution >= 4 is 11.9 Å². The van der Waals surface area contributed by atoms with Crippen molar-refractivity contribution in [2.75, 3.05) is 19.8 Å². The van der Waals surface area contributed by atoms with Crippen LogP contribution in [0.3, 0.4) is 0 Å². The number of nitrogens with one attached hydrogen (secondary N) is 1. The summed E-state index contributed by atoms with van der Waals surface area (Å²) in [6, 6.07) is 6.19. The second-order valence-corrected chi connectivity index (χ2v) is 9.27. The summed E-state index contributed by atoms with van der Waals surface area (Å²) in [5.74, 6) is -0.949. The van der Waals surface area contributed by atoms with E-state index in [1.54, 1.807) is 12.1 Å². The van der Waals surface area contributed by atoms with E-state index in [0.717, 1.165) is 44.9 Å². The van der Waals surface area contributed by atoms with Crippen molar-refractivity contribution in [3.63, 3.8) is 0 Å². The first-order valence-corrected chi connectivity index (χ1v) is 14.5. The number of phenols is 1. The van der Waals surface area contributed by atoms with Crippen LogP contribution in [0.2, 0.25) is 0 Å². The first-order valence-electron chi connectivity index (χ1n) is 14.5. The standard InChI is InChI=1S/C33H49NO5/c1-3-5-6-7-8-9-10-11-12-13-14-15-16-17-18-19-20-23-27-38-31(4-2)32(36)34-26-28-39-33(37)29-24-21-22-25-30(29)35/h5-6,8-9,11-12,14-15,21-22,24-25,31,35H,3-4,7,10,13,16-20,23,26-28H2,1-2H3,(H,34,36). The van der Waals surface area contributed by atoms with Gasteiger partial charge in [0.25, 0.3) is 0 Å². The number of rotatable bonds is 22. The third kappa shape index (κ3) is 17.9. The summed E-state index contributed by atoms with van der Waals surface area (Å²) < 4.78 is 10.9. The van der Waals surface area contributed by atoms with Crippen LogP contribution in [0.4, 0.5) is 0 Å². The minimum Gasteiger partial charge on any atom is -0.507 e. The Bertz CT molecular complexity index is 903. The molecule has 0 saturated heterocycles. The Labute approximate surface area is 235 Å². The molecule has 2 N–H and O–H groups in total. The maximum Gasteiger partial charge on any atom is 0.341 e. The molecule has 0 fully saturated rings. The van der Waals surface area contributed by atoms with E-state index in [2.05, 4.69) is 60.8 Å². The molecule has 6 nitrogen and oxygen atoms in total. The van der Waals surface area contributed by atoms with Gasteiger partial charge in [-0.2, -0.15) is 0 Å². The molecule has 1 amide bonds. The van der Waals surface area contributed by atoms with Crippen molar-refractivity contribution in [1.29, 1.82) is 0 Å². The SMILES string of the molecule is CCC=CCC=CCC=CCC=CCCCCCCCOC(CC)C(=O)NCCOC(=O)c1ccccc1O. The Morgan fingerprint density at radius 1 is 0.821 bits per heavy atom. The number of amides is 1. The van der Waals surface area contributed by atoms with Crippen LogP contribution in [0.15, 0.2) is 72.9 Å². The van der Waals surface area contributed by atoms with Crippen LogP contribution in [-0.4, -0.2) is 42.8 Å². The highest BCUT2D eigenvalue weighted by atomic mass is 16.5. The molecule has 1 aromatic rings. The van der Waals surface area contributed by atoms with Crippen molar-refractivity contribution in [2.45, 2.75) is 90.6 Å². The lowest BCUT2D eigenvalue weighted by Gasteiger charge is -2.16. The molecule has 0 aromatic heterocycles. The molecule has 6 heteroatoms. The Kier molecular flexibility index (Phi) is 20.8. The van der Waals surface area contributed by atoms with Crippen molar-refractivity contribution in [2.24, 2.45) is 0 Å². The number of para-hydroxylation sites is 1. The van der Waals surface area contributed by atoms with Gasteiger partial charge in [0.15, 0.2) is 0 Å². The second-order valence-electron chi connectivity index (χ2n) is 9.27. The van der Waals surface area contributed by atoms with Gasteiger partial charge in [-0.3, -0.25) is 4.79 Å². The molecule has 0 heterocycles. The molecule has 39 heavy (non-hydrogen) atoms. The third-order valence-electron chi connectivity index (χ3n) is 5.97. The average molecular weight is 540 g/mol. The minimum absolute atomic E-state index is 0.0241. The largest absolute Gasteiger partial charge is 0.507 e. The number of benzene rings is 1. The molecule has 1 rings (SSSR count). The lowest BCUT2D eigenvalue weighted by atomic mass is 10.1. The van der Waals surface area contributed by atoms with Gasteiger partial charge >= 0.3 is 5.97 Å². The molecular weight excluding hydrogens is 490 g/mol. The van der Waals surface area contributed by atoms with Crippen molar-refractivity contribution in [3.8, 4) is 5.75 Å². The molecule has 1 unspecified atom stereocenters. The number of hydrogen-bond donors (Lipinski definition) is 2. The first kappa shape index (κ1) is 33.9. The highest BCUT2D eigenvalue weighted by Gasteiger charge is 2.17. The number of aromatic hydroxyl groups is 1. The normalized spacial score (nSPS) is 12.7. The predicted molar refractivity (Wildman–Crippen MR) is 160 cm³/mol. The van der Waals surface area contributed by atoms with E-state index in [-0.39, 0.29) is 30.4 Å². The van der Waals surface area contributed by atoms with Gasteiger partial charge in [0, 0.05) is 6.61 Å². The maximum absolute atomic E-state index is 12.3. The summed E-state index contributed by atoms with van der Waals surface area (Å²) in [6.45, 7) is 4.84. The molecular formula is C33H49NO5. The molecule has 1 atom stereocenters. The van der Waals surface area contributed by atoms with Crippen molar-refractivity contribution < 1.29 is 24.2 Å². The van der Waals surface area contributed by atoms with E-state index in [9.17, 15) is 14.7 Å². The molecule has 1 aromatic carbocycles. The van der Waals surface area contributed by atoms with E-state index in [4.69, 9.17) is 9.47 Å². The quantitative estimate of drug-likeness (QED) is 0.0900. The van der Waals surface area contributed by atoms with E-state index in [1.165, 1.54) is 31.4 Å². The molecule has 0 spiro atoms. The highest BCUT2D eigenvalue weighted by Crippen LogP contribution is 2.16. The number of ether oxygens (including phenoxy) is 2. The summed E-state index contributed by atoms with van der Waals surface area (Å²) in [6.07, 6.45) is 28.7. The Hall–Kier alpha value is -3.12. The third-order valence-corrected chi connectivity index (χ3v) is 5.97. The molecule has 0 aliphatic rings. The number of allylic oxidation sites excluding steroid dienone is 8. The lowest BCUT2D eigenvalue weighted by molar-refractivity contribution is -0.133. The van der Waals surface area contributed by atoms with Gasteiger partial charge < -0.3 is 19.9 Å². The van der Waals surface area contributed by atoms with Crippen LogP contribution < -0.4 is 5.32 Å². The fraction of sp³-hybridized carbons (Fsp3) is 0.515. The van der Waals surface area contributed by atoms with Crippen LogP contribution in [0, 0.1) is 0 Å². The number of hydrogen-bond acceptors (Lipinski definition) is 5. The smallest absolute Gasteiger partial charge is 0.341 e. The summed E-state index contributed by atoms with van der Waals surface area (Å²) in [5, 5.41) is 12.4. The van der Waals surface area contributed by atoms with E-state index >= 15 is 0 Å². The zero-order chi connectivity index (χ0) is 28.4. The molecule has 216 valence electrons. The Balaban J connectivity index is 2.00. The predicted octanol–water partition coefficient (Wildman–Crippen LogP) is 7.61. The van der Waals surface area contributed by atoms with E-state index in [0.29, 0.717) is 13.0 Å².